The van der Waals surface area contributed by atoms with Gasteiger partial charge in [0, 0.05) is 11.6 Å². The molecule has 4 heteroatoms. The predicted octanol–water partition coefficient (Wildman–Crippen LogP) is 4.66. The van der Waals surface area contributed by atoms with Crippen LogP contribution in [0.2, 0.25) is 0 Å². The number of nitrogens with one attached hydrogen (secondary N) is 2. The van der Waals surface area contributed by atoms with Gasteiger partial charge in [-0.25, -0.2) is 0 Å². The van der Waals surface area contributed by atoms with E-state index in [2.05, 4.69) is 73.0 Å². The van der Waals surface area contributed by atoms with Crippen molar-refractivity contribution >= 4 is 5.91 Å². The average molecular weight is 449 g/mol. The van der Waals surface area contributed by atoms with Gasteiger partial charge in [0.2, 0.25) is 5.91 Å². The van der Waals surface area contributed by atoms with Crippen LogP contribution in [0.1, 0.15) is 55.4 Å². The van der Waals surface area contributed by atoms with Crippen LogP contribution in [0.5, 0.6) is 0 Å². The van der Waals surface area contributed by atoms with E-state index in [1.165, 1.54) is 16.7 Å². The predicted molar refractivity (Wildman–Crippen MR) is 136 cm³/mol. The number of hydrogen-bond donors (Lipinski definition) is 3. The smallest absolute Gasteiger partial charge is 0.246 e. The van der Waals surface area contributed by atoms with E-state index in [-0.39, 0.29) is 18.0 Å². The zero-order valence-electron chi connectivity index (χ0n) is 20.6. The van der Waals surface area contributed by atoms with E-state index in [0.717, 1.165) is 37.8 Å². The fourth-order valence-electron chi connectivity index (χ4n) is 4.88. The first-order valence-corrected chi connectivity index (χ1v) is 12.3. The van der Waals surface area contributed by atoms with Gasteiger partial charge in [-0.1, -0.05) is 65.7 Å². The van der Waals surface area contributed by atoms with E-state index in [1.54, 1.807) is 0 Å². The zero-order chi connectivity index (χ0) is 23.8. The average Bonchev–Trinajstić information content (AvgIpc) is 2.81. The van der Waals surface area contributed by atoms with Gasteiger partial charge in [0.15, 0.2) is 0 Å². The lowest BCUT2D eigenvalue weighted by atomic mass is 9.85. The van der Waals surface area contributed by atoms with E-state index >= 15 is 0 Å². The first kappa shape index (κ1) is 25.2. The van der Waals surface area contributed by atoms with Gasteiger partial charge in [0.25, 0.3) is 0 Å². The molecule has 1 heterocycles. The van der Waals surface area contributed by atoms with Gasteiger partial charge in [-0.15, -0.1) is 0 Å². The highest BCUT2D eigenvalue weighted by Crippen LogP contribution is 2.23. The number of piperidine rings is 1. The number of allylic oxidation sites excluding steroid dienone is 1. The Balaban J connectivity index is 1.62. The van der Waals surface area contributed by atoms with Crippen molar-refractivity contribution in [2.24, 2.45) is 5.92 Å². The SMILES string of the molecule is C/C=C(\C)C(=O)NC(Cc1cc(C)cc(C)c1)C(O)C1CCC(CCc2ccccc2)CN1. The van der Waals surface area contributed by atoms with Crippen molar-refractivity contribution in [1.82, 2.24) is 10.6 Å². The molecule has 0 spiro atoms. The van der Waals surface area contributed by atoms with Gasteiger partial charge in [-0.05, 0) is 83.4 Å². The lowest BCUT2D eigenvalue weighted by molar-refractivity contribution is -0.119. The van der Waals surface area contributed by atoms with Crippen LogP contribution in [-0.4, -0.2) is 35.7 Å². The quantitative estimate of drug-likeness (QED) is 0.489. The third-order valence-corrected chi connectivity index (χ3v) is 6.91. The number of aryl methyl sites for hydroxylation is 3. The Labute approximate surface area is 199 Å². The Morgan fingerprint density at radius 1 is 1.12 bits per heavy atom. The molecule has 0 aliphatic carbocycles. The summed E-state index contributed by atoms with van der Waals surface area (Å²) in [5.41, 5.74) is 5.60. The Hall–Kier alpha value is -2.43. The Morgan fingerprint density at radius 2 is 1.82 bits per heavy atom. The molecule has 2 aromatic carbocycles. The van der Waals surface area contributed by atoms with Crippen LogP contribution in [0.3, 0.4) is 0 Å². The van der Waals surface area contributed by atoms with E-state index in [1.807, 2.05) is 19.9 Å². The van der Waals surface area contributed by atoms with Crippen LogP contribution < -0.4 is 10.6 Å². The molecule has 1 saturated heterocycles. The number of carbonyl (C=O) groups is 1. The van der Waals surface area contributed by atoms with Crippen molar-refractivity contribution in [1.29, 1.82) is 0 Å². The van der Waals surface area contributed by atoms with Crippen LogP contribution in [0.15, 0.2) is 60.2 Å². The van der Waals surface area contributed by atoms with Gasteiger partial charge < -0.3 is 15.7 Å². The number of rotatable bonds is 9. The van der Waals surface area contributed by atoms with Crippen molar-refractivity contribution in [3.8, 4) is 0 Å². The van der Waals surface area contributed by atoms with Crippen LogP contribution in [-0.2, 0) is 17.6 Å². The molecule has 0 bridgehead atoms. The second-order valence-corrected chi connectivity index (χ2v) is 9.72. The fraction of sp³-hybridized carbons (Fsp3) is 0.483. The molecule has 4 nitrogen and oxygen atoms in total. The molecule has 3 rings (SSSR count). The summed E-state index contributed by atoms with van der Waals surface area (Å²) >= 11 is 0. The number of aliphatic hydroxyl groups excluding tert-OH is 1. The maximum Gasteiger partial charge on any atom is 0.246 e. The van der Waals surface area contributed by atoms with E-state index in [9.17, 15) is 9.90 Å². The Kier molecular flexibility index (Phi) is 9.28. The van der Waals surface area contributed by atoms with Gasteiger partial charge in [-0.3, -0.25) is 4.79 Å². The molecule has 1 amide bonds. The van der Waals surface area contributed by atoms with Crippen molar-refractivity contribution in [3.63, 3.8) is 0 Å². The zero-order valence-corrected chi connectivity index (χ0v) is 20.6. The minimum absolute atomic E-state index is 0.0138. The third-order valence-electron chi connectivity index (χ3n) is 6.91. The highest BCUT2D eigenvalue weighted by atomic mass is 16.3. The maximum atomic E-state index is 12.7. The second-order valence-electron chi connectivity index (χ2n) is 9.72. The molecule has 1 aliphatic rings. The number of aliphatic hydroxyl groups is 1. The highest BCUT2D eigenvalue weighted by Gasteiger charge is 2.32. The molecule has 2 aromatic rings. The molecule has 0 aromatic heterocycles. The lowest BCUT2D eigenvalue weighted by Gasteiger charge is -2.36. The summed E-state index contributed by atoms with van der Waals surface area (Å²) in [6.07, 6.45) is 6.04. The molecule has 3 N–H and O–H groups in total. The first-order valence-electron chi connectivity index (χ1n) is 12.3. The number of amides is 1. The van der Waals surface area contributed by atoms with E-state index in [0.29, 0.717) is 17.9 Å². The summed E-state index contributed by atoms with van der Waals surface area (Å²) in [5.74, 6) is 0.508. The van der Waals surface area contributed by atoms with Gasteiger partial charge in [0.1, 0.15) is 0 Å². The minimum atomic E-state index is -0.644. The van der Waals surface area contributed by atoms with E-state index < -0.39 is 6.10 Å². The normalized spacial score (nSPS) is 20.8. The van der Waals surface area contributed by atoms with E-state index in [4.69, 9.17) is 0 Å². The molecule has 33 heavy (non-hydrogen) atoms. The third kappa shape index (κ3) is 7.55. The standard InChI is InChI=1S/C29H40N2O2/c1-5-22(4)29(33)31-27(18-25-16-20(2)15-21(3)17-25)28(32)26-14-13-24(19-30-26)12-11-23-9-7-6-8-10-23/h5-10,15-17,24,26-28,30,32H,11-14,18-19H2,1-4H3,(H,31,33)/b22-5+. The summed E-state index contributed by atoms with van der Waals surface area (Å²) in [4.78, 5) is 12.7. The van der Waals surface area contributed by atoms with Crippen molar-refractivity contribution in [2.75, 3.05) is 6.54 Å². The number of carbonyl (C=O) groups excluding carboxylic acids is 1. The minimum Gasteiger partial charge on any atom is -0.389 e. The van der Waals surface area contributed by atoms with Gasteiger partial charge >= 0.3 is 0 Å². The summed E-state index contributed by atoms with van der Waals surface area (Å²) in [6.45, 7) is 8.76. The summed E-state index contributed by atoms with van der Waals surface area (Å²) < 4.78 is 0. The molecule has 178 valence electrons. The molecule has 0 saturated carbocycles. The molecule has 4 atom stereocenters. The monoisotopic (exact) mass is 448 g/mol. The van der Waals surface area contributed by atoms with Crippen molar-refractivity contribution in [3.05, 3.63) is 82.4 Å². The molecule has 1 fully saturated rings. The summed E-state index contributed by atoms with van der Waals surface area (Å²) in [7, 11) is 0. The van der Waals surface area contributed by atoms with Crippen LogP contribution in [0.25, 0.3) is 0 Å². The Morgan fingerprint density at radius 3 is 2.42 bits per heavy atom. The summed E-state index contributed by atoms with van der Waals surface area (Å²) in [5, 5.41) is 18.0. The molecular weight excluding hydrogens is 408 g/mol. The van der Waals surface area contributed by atoms with Crippen LogP contribution in [0, 0.1) is 19.8 Å². The second kappa shape index (κ2) is 12.2. The number of hydrogen-bond acceptors (Lipinski definition) is 3. The molecule has 1 aliphatic heterocycles. The van der Waals surface area contributed by atoms with Crippen molar-refractivity contribution < 1.29 is 9.90 Å². The molecule has 4 unspecified atom stereocenters. The van der Waals surface area contributed by atoms with Gasteiger partial charge in [-0.2, -0.15) is 0 Å². The lowest BCUT2D eigenvalue weighted by Crippen LogP contribution is -2.56. The summed E-state index contributed by atoms with van der Waals surface area (Å²) in [6, 6.07) is 16.7. The van der Waals surface area contributed by atoms with Crippen molar-refractivity contribution in [2.45, 2.75) is 78.0 Å². The molecular formula is C29H40N2O2. The maximum absolute atomic E-state index is 12.7. The first-order chi connectivity index (χ1) is 15.9. The van der Waals surface area contributed by atoms with Crippen LogP contribution in [0.4, 0.5) is 0 Å². The topological polar surface area (TPSA) is 61.4 Å². The van der Waals surface area contributed by atoms with Crippen LogP contribution >= 0.6 is 0 Å². The number of benzene rings is 2. The largest absolute Gasteiger partial charge is 0.389 e. The fourth-order valence-corrected chi connectivity index (χ4v) is 4.88. The van der Waals surface area contributed by atoms with Gasteiger partial charge in [0.05, 0.1) is 12.1 Å². The molecule has 0 radical (unpaired) electrons. The Bertz CT molecular complexity index is 910. The highest BCUT2D eigenvalue weighted by molar-refractivity contribution is 5.92.